The molecule has 3 heterocycles. The maximum absolute atomic E-state index is 9.94. The Morgan fingerprint density at radius 2 is 1.90 bits per heavy atom. The van der Waals surface area contributed by atoms with E-state index in [0.29, 0.717) is 5.95 Å². The highest BCUT2D eigenvalue weighted by Gasteiger charge is 2.24. The number of aromatic nitrogens is 3. The van der Waals surface area contributed by atoms with Crippen molar-refractivity contribution in [3.05, 3.63) is 58.2 Å². The van der Waals surface area contributed by atoms with Crippen LogP contribution < -0.4 is 4.90 Å². The molecule has 148 valence electrons. The highest BCUT2D eigenvalue weighted by atomic mass is 32.1. The summed E-state index contributed by atoms with van der Waals surface area (Å²) in [6.45, 7) is 9.05. The summed E-state index contributed by atoms with van der Waals surface area (Å²) >= 11 is 1.51. The Labute approximate surface area is 175 Å². The predicted molar refractivity (Wildman–Crippen MR) is 116 cm³/mol. The Morgan fingerprint density at radius 3 is 2.59 bits per heavy atom. The zero-order chi connectivity index (χ0) is 20.2. The number of nitrogens with zero attached hydrogens (tertiary/aromatic N) is 6. The molecule has 0 N–H and O–H groups in total. The van der Waals surface area contributed by atoms with Gasteiger partial charge >= 0.3 is 0 Å². The van der Waals surface area contributed by atoms with Crippen LogP contribution in [0.15, 0.2) is 41.9 Å². The van der Waals surface area contributed by atoms with Crippen molar-refractivity contribution in [2.24, 2.45) is 0 Å². The quantitative estimate of drug-likeness (QED) is 0.646. The van der Waals surface area contributed by atoms with Crippen LogP contribution in [0.5, 0.6) is 0 Å². The summed E-state index contributed by atoms with van der Waals surface area (Å²) in [4.78, 5) is 18.7. The minimum absolute atomic E-state index is 0.490. The fraction of sp³-hybridized carbons (Fsp3) is 0.364. The van der Waals surface area contributed by atoms with Crippen molar-refractivity contribution >= 4 is 17.3 Å². The molecule has 0 bridgehead atoms. The van der Waals surface area contributed by atoms with Gasteiger partial charge in [-0.05, 0) is 19.0 Å². The number of thiazole rings is 1. The highest BCUT2D eigenvalue weighted by Crippen LogP contribution is 2.31. The average molecular weight is 405 g/mol. The van der Waals surface area contributed by atoms with E-state index < -0.39 is 5.92 Å². The molecule has 1 aliphatic heterocycles. The lowest BCUT2D eigenvalue weighted by molar-refractivity contribution is 0.270. The number of anilines is 1. The molecule has 0 aliphatic carbocycles. The van der Waals surface area contributed by atoms with Gasteiger partial charge in [-0.1, -0.05) is 37.3 Å². The van der Waals surface area contributed by atoms with E-state index in [9.17, 15) is 5.26 Å². The van der Waals surface area contributed by atoms with Gasteiger partial charge in [0.2, 0.25) is 5.95 Å². The Balaban J connectivity index is 1.61. The van der Waals surface area contributed by atoms with Gasteiger partial charge in [0.15, 0.2) is 0 Å². The summed E-state index contributed by atoms with van der Waals surface area (Å²) in [6.07, 6.45) is 1.83. The van der Waals surface area contributed by atoms with Crippen molar-refractivity contribution in [2.75, 3.05) is 37.6 Å². The average Bonchev–Trinajstić information content (AvgIpc) is 3.26. The molecule has 0 amide bonds. The van der Waals surface area contributed by atoms with E-state index in [1.807, 2.05) is 48.8 Å². The second-order valence-electron chi connectivity index (χ2n) is 7.16. The van der Waals surface area contributed by atoms with Crippen LogP contribution in [0.25, 0.3) is 11.3 Å². The number of likely N-dealkylation sites (N-methyl/N-ethyl adjacent to an activating group) is 1. The number of nitriles is 1. The molecular weight excluding hydrogens is 380 g/mol. The maximum Gasteiger partial charge on any atom is 0.225 e. The van der Waals surface area contributed by atoms with Gasteiger partial charge in [0.25, 0.3) is 0 Å². The van der Waals surface area contributed by atoms with E-state index in [1.54, 1.807) is 0 Å². The minimum atomic E-state index is -0.490. The molecule has 1 aromatic carbocycles. The SMILES string of the molecule is CCN1CCN(c2ncc(C)c(C(C#N)c3nc(-c4ccccc4)cs3)n2)CC1. The van der Waals surface area contributed by atoms with Crippen molar-refractivity contribution < 1.29 is 0 Å². The zero-order valence-corrected chi connectivity index (χ0v) is 17.6. The molecule has 0 spiro atoms. The molecule has 6 nitrogen and oxygen atoms in total. The molecule has 1 saturated heterocycles. The third-order valence-corrected chi connectivity index (χ3v) is 6.25. The second-order valence-corrected chi connectivity index (χ2v) is 8.05. The monoisotopic (exact) mass is 404 g/mol. The standard InChI is InChI=1S/C22H24N6S/c1-3-27-9-11-28(12-10-27)22-24-14-16(2)20(26-22)18(13-23)21-25-19(15-29-21)17-7-5-4-6-8-17/h4-8,14-15,18H,3,9-12H2,1-2H3. The third kappa shape index (κ3) is 4.14. The number of aryl methyl sites for hydroxylation is 1. The van der Waals surface area contributed by atoms with Crippen LogP contribution in [0.4, 0.5) is 5.95 Å². The van der Waals surface area contributed by atoms with Crippen molar-refractivity contribution in [3.63, 3.8) is 0 Å². The molecule has 0 radical (unpaired) electrons. The lowest BCUT2D eigenvalue weighted by Gasteiger charge is -2.34. The van der Waals surface area contributed by atoms with Crippen LogP contribution in [0, 0.1) is 18.3 Å². The molecule has 2 aromatic heterocycles. The van der Waals surface area contributed by atoms with Gasteiger partial charge < -0.3 is 9.80 Å². The molecule has 1 atom stereocenters. The van der Waals surface area contributed by atoms with Crippen LogP contribution >= 0.6 is 11.3 Å². The van der Waals surface area contributed by atoms with Crippen LogP contribution in [-0.2, 0) is 0 Å². The van der Waals surface area contributed by atoms with Gasteiger partial charge in [-0.2, -0.15) is 5.26 Å². The number of benzene rings is 1. The lowest BCUT2D eigenvalue weighted by atomic mass is 10.0. The number of piperazine rings is 1. The number of hydrogen-bond donors (Lipinski definition) is 0. The van der Waals surface area contributed by atoms with Crippen LogP contribution in [0.3, 0.4) is 0 Å². The fourth-order valence-electron chi connectivity index (χ4n) is 3.55. The van der Waals surface area contributed by atoms with Gasteiger partial charge in [0, 0.05) is 43.3 Å². The first-order valence-corrected chi connectivity index (χ1v) is 10.8. The van der Waals surface area contributed by atoms with Crippen molar-refractivity contribution in [3.8, 4) is 17.3 Å². The van der Waals surface area contributed by atoms with Crippen LogP contribution in [0.1, 0.15) is 29.1 Å². The van der Waals surface area contributed by atoms with Crippen LogP contribution in [0.2, 0.25) is 0 Å². The fourth-order valence-corrected chi connectivity index (χ4v) is 4.42. The normalized spacial score (nSPS) is 15.8. The molecular formula is C22H24N6S. The first-order valence-electron chi connectivity index (χ1n) is 9.91. The van der Waals surface area contributed by atoms with Gasteiger partial charge in [-0.25, -0.2) is 15.0 Å². The molecule has 1 aliphatic rings. The Kier molecular flexibility index (Phi) is 5.84. The first kappa shape index (κ1) is 19.5. The van der Waals surface area contributed by atoms with Gasteiger partial charge in [0.05, 0.1) is 17.5 Å². The van der Waals surface area contributed by atoms with E-state index in [4.69, 9.17) is 9.97 Å². The first-order chi connectivity index (χ1) is 14.2. The Hall–Kier alpha value is -2.82. The Morgan fingerprint density at radius 1 is 1.14 bits per heavy atom. The summed E-state index contributed by atoms with van der Waals surface area (Å²) in [5.41, 5.74) is 3.63. The number of rotatable bonds is 5. The van der Waals surface area contributed by atoms with E-state index in [-0.39, 0.29) is 0 Å². The molecule has 3 aromatic rings. The summed E-state index contributed by atoms with van der Waals surface area (Å²) in [5.74, 6) is 0.220. The van der Waals surface area contributed by atoms with E-state index in [0.717, 1.165) is 60.2 Å². The molecule has 7 heteroatoms. The second kappa shape index (κ2) is 8.68. The molecule has 1 fully saturated rings. The summed E-state index contributed by atoms with van der Waals surface area (Å²) in [7, 11) is 0. The summed E-state index contributed by atoms with van der Waals surface area (Å²) < 4.78 is 0. The summed E-state index contributed by atoms with van der Waals surface area (Å²) in [6, 6.07) is 12.5. The third-order valence-electron chi connectivity index (χ3n) is 5.34. The summed E-state index contributed by atoms with van der Waals surface area (Å²) in [5, 5.41) is 12.7. The van der Waals surface area contributed by atoms with E-state index in [2.05, 4.69) is 27.8 Å². The molecule has 1 unspecified atom stereocenters. The van der Waals surface area contributed by atoms with Crippen molar-refractivity contribution in [2.45, 2.75) is 19.8 Å². The van der Waals surface area contributed by atoms with E-state index >= 15 is 0 Å². The number of hydrogen-bond acceptors (Lipinski definition) is 7. The predicted octanol–water partition coefficient (Wildman–Crippen LogP) is 3.71. The maximum atomic E-state index is 9.94. The lowest BCUT2D eigenvalue weighted by Crippen LogP contribution is -2.46. The van der Waals surface area contributed by atoms with Crippen LogP contribution in [-0.4, -0.2) is 52.6 Å². The van der Waals surface area contributed by atoms with Gasteiger partial charge in [-0.3, -0.25) is 0 Å². The molecule has 29 heavy (non-hydrogen) atoms. The minimum Gasteiger partial charge on any atom is -0.338 e. The van der Waals surface area contributed by atoms with Crippen molar-refractivity contribution in [1.82, 2.24) is 19.9 Å². The largest absolute Gasteiger partial charge is 0.338 e. The highest BCUT2D eigenvalue weighted by molar-refractivity contribution is 7.10. The zero-order valence-electron chi connectivity index (χ0n) is 16.7. The van der Waals surface area contributed by atoms with E-state index in [1.165, 1.54) is 11.3 Å². The topological polar surface area (TPSA) is 68.9 Å². The van der Waals surface area contributed by atoms with Crippen molar-refractivity contribution in [1.29, 1.82) is 5.26 Å². The molecule has 4 rings (SSSR count). The van der Waals surface area contributed by atoms with Gasteiger partial charge in [-0.15, -0.1) is 11.3 Å². The molecule has 0 saturated carbocycles. The smallest absolute Gasteiger partial charge is 0.225 e. The Bertz CT molecular complexity index is 1000. The van der Waals surface area contributed by atoms with Gasteiger partial charge in [0.1, 0.15) is 10.9 Å².